The van der Waals surface area contributed by atoms with Gasteiger partial charge in [-0.3, -0.25) is 0 Å². The van der Waals surface area contributed by atoms with Crippen LogP contribution in [0.15, 0.2) is 0 Å². The second-order valence-electron chi connectivity index (χ2n) is 3.76. The first-order valence-corrected chi connectivity index (χ1v) is 3.88. The lowest BCUT2D eigenvalue weighted by atomic mass is 10.1. The van der Waals surface area contributed by atoms with Crippen LogP contribution in [0.5, 0.6) is 0 Å². The zero-order chi connectivity index (χ0) is 8.48. The SMILES string of the molecule is CC1(C)[C@H](CC#N)[C@@H]1CC#N. The van der Waals surface area contributed by atoms with Crippen molar-refractivity contribution in [1.29, 1.82) is 10.5 Å². The molecule has 2 heteroatoms. The van der Waals surface area contributed by atoms with E-state index in [0.29, 0.717) is 24.7 Å². The van der Waals surface area contributed by atoms with E-state index in [0.717, 1.165) is 0 Å². The van der Waals surface area contributed by atoms with Crippen molar-refractivity contribution in [2.24, 2.45) is 17.3 Å². The first kappa shape index (κ1) is 8.08. The number of nitriles is 2. The van der Waals surface area contributed by atoms with Gasteiger partial charge in [0.15, 0.2) is 0 Å². The Bertz CT molecular complexity index is 205. The molecule has 0 aromatic rings. The van der Waals surface area contributed by atoms with Gasteiger partial charge in [-0.05, 0) is 17.3 Å². The van der Waals surface area contributed by atoms with Crippen LogP contribution >= 0.6 is 0 Å². The molecule has 0 unspecified atom stereocenters. The first-order chi connectivity index (χ1) is 5.14. The molecule has 1 rings (SSSR count). The summed E-state index contributed by atoms with van der Waals surface area (Å²) in [6.07, 6.45) is 1.22. The molecule has 1 fully saturated rings. The lowest BCUT2D eigenvalue weighted by Crippen LogP contribution is -1.89. The van der Waals surface area contributed by atoms with Crippen molar-refractivity contribution in [3.63, 3.8) is 0 Å². The van der Waals surface area contributed by atoms with Crippen LogP contribution in [0.2, 0.25) is 0 Å². The standard InChI is InChI=1S/C9H12N2/c1-9(2)7(3-5-10)8(9)4-6-11/h7-8H,3-4H2,1-2H3/t7-,8+. The lowest BCUT2D eigenvalue weighted by Gasteiger charge is -1.96. The van der Waals surface area contributed by atoms with Crippen molar-refractivity contribution in [2.45, 2.75) is 26.7 Å². The molecule has 0 N–H and O–H groups in total. The molecule has 0 radical (unpaired) electrons. The molecule has 0 saturated heterocycles. The minimum absolute atomic E-state index is 0.242. The summed E-state index contributed by atoms with van der Waals surface area (Å²) in [6.45, 7) is 4.27. The van der Waals surface area contributed by atoms with Gasteiger partial charge in [0.1, 0.15) is 0 Å². The fourth-order valence-corrected chi connectivity index (χ4v) is 1.86. The molecule has 2 nitrogen and oxygen atoms in total. The van der Waals surface area contributed by atoms with Crippen molar-refractivity contribution in [1.82, 2.24) is 0 Å². The average molecular weight is 148 g/mol. The molecule has 58 valence electrons. The molecule has 0 bridgehead atoms. The second-order valence-corrected chi connectivity index (χ2v) is 3.76. The molecule has 0 heterocycles. The average Bonchev–Trinajstić information content (AvgIpc) is 2.41. The van der Waals surface area contributed by atoms with E-state index in [1.54, 1.807) is 0 Å². The van der Waals surface area contributed by atoms with Crippen LogP contribution in [-0.2, 0) is 0 Å². The maximum atomic E-state index is 8.46. The third-order valence-corrected chi connectivity index (χ3v) is 2.91. The Labute approximate surface area is 67.4 Å². The fourth-order valence-electron chi connectivity index (χ4n) is 1.86. The van der Waals surface area contributed by atoms with Crippen LogP contribution in [0.25, 0.3) is 0 Å². The fraction of sp³-hybridized carbons (Fsp3) is 0.778. The summed E-state index contributed by atoms with van der Waals surface area (Å²) in [4.78, 5) is 0. The van der Waals surface area contributed by atoms with Gasteiger partial charge < -0.3 is 0 Å². The summed E-state index contributed by atoms with van der Waals surface area (Å²) >= 11 is 0. The molecular weight excluding hydrogens is 136 g/mol. The zero-order valence-corrected chi connectivity index (χ0v) is 6.96. The van der Waals surface area contributed by atoms with Crippen molar-refractivity contribution in [3.05, 3.63) is 0 Å². The summed E-state index contributed by atoms with van der Waals surface area (Å²) in [5.41, 5.74) is 0.242. The quantitative estimate of drug-likeness (QED) is 0.602. The van der Waals surface area contributed by atoms with Gasteiger partial charge in [0.25, 0.3) is 0 Å². The summed E-state index contributed by atoms with van der Waals surface area (Å²) in [7, 11) is 0. The number of hydrogen-bond acceptors (Lipinski definition) is 2. The van der Waals surface area contributed by atoms with E-state index in [2.05, 4.69) is 26.0 Å². The monoisotopic (exact) mass is 148 g/mol. The summed E-state index contributed by atoms with van der Waals surface area (Å²) in [6, 6.07) is 4.33. The molecule has 0 amide bonds. The van der Waals surface area contributed by atoms with Crippen LogP contribution in [0.1, 0.15) is 26.7 Å². The van der Waals surface area contributed by atoms with Crippen molar-refractivity contribution in [2.75, 3.05) is 0 Å². The van der Waals surface area contributed by atoms with Gasteiger partial charge in [0, 0.05) is 12.8 Å². The van der Waals surface area contributed by atoms with Crippen LogP contribution in [0, 0.1) is 39.9 Å². The maximum Gasteiger partial charge on any atom is 0.0624 e. The predicted molar refractivity (Wildman–Crippen MR) is 41.2 cm³/mol. The van der Waals surface area contributed by atoms with Crippen LogP contribution in [0.4, 0.5) is 0 Å². The highest BCUT2D eigenvalue weighted by molar-refractivity contribution is 5.09. The van der Waals surface area contributed by atoms with Gasteiger partial charge in [-0.15, -0.1) is 0 Å². The summed E-state index contributed by atoms with van der Waals surface area (Å²) in [5, 5.41) is 16.9. The van der Waals surface area contributed by atoms with Crippen LogP contribution in [0.3, 0.4) is 0 Å². The minimum Gasteiger partial charge on any atom is -0.198 e. The highest BCUT2D eigenvalue weighted by Gasteiger charge is 2.56. The summed E-state index contributed by atoms with van der Waals surface area (Å²) in [5.74, 6) is 0.930. The smallest absolute Gasteiger partial charge is 0.0624 e. The van der Waals surface area contributed by atoms with E-state index >= 15 is 0 Å². The van der Waals surface area contributed by atoms with E-state index in [-0.39, 0.29) is 5.41 Å². The van der Waals surface area contributed by atoms with E-state index in [9.17, 15) is 0 Å². The Hall–Kier alpha value is -1.02. The summed E-state index contributed by atoms with van der Waals surface area (Å²) < 4.78 is 0. The molecule has 0 aliphatic heterocycles. The molecule has 11 heavy (non-hydrogen) atoms. The van der Waals surface area contributed by atoms with E-state index in [1.807, 2.05) is 0 Å². The lowest BCUT2D eigenvalue weighted by molar-refractivity contribution is 0.540. The maximum absolute atomic E-state index is 8.46. The van der Waals surface area contributed by atoms with E-state index < -0.39 is 0 Å². The van der Waals surface area contributed by atoms with Gasteiger partial charge in [0.05, 0.1) is 12.1 Å². The highest BCUT2D eigenvalue weighted by atomic mass is 14.6. The Morgan fingerprint density at radius 3 is 1.73 bits per heavy atom. The van der Waals surface area contributed by atoms with Crippen LogP contribution < -0.4 is 0 Å². The number of hydrogen-bond donors (Lipinski definition) is 0. The zero-order valence-electron chi connectivity index (χ0n) is 6.96. The first-order valence-electron chi connectivity index (χ1n) is 3.88. The molecule has 1 saturated carbocycles. The minimum atomic E-state index is 0.242. The highest BCUT2D eigenvalue weighted by Crippen LogP contribution is 2.61. The molecule has 0 spiro atoms. The van der Waals surface area contributed by atoms with Gasteiger partial charge in [-0.2, -0.15) is 10.5 Å². The Kier molecular flexibility index (Phi) is 1.87. The topological polar surface area (TPSA) is 47.6 Å². The second kappa shape index (κ2) is 2.55. The Balaban J connectivity index is 2.49. The normalized spacial score (nSPS) is 32.0. The number of rotatable bonds is 2. The van der Waals surface area contributed by atoms with Gasteiger partial charge in [0.2, 0.25) is 0 Å². The Morgan fingerprint density at radius 2 is 1.45 bits per heavy atom. The van der Waals surface area contributed by atoms with Crippen molar-refractivity contribution < 1.29 is 0 Å². The third kappa shape index (κ3) is 1.21. The van der Waals surface area contributed by atoms with E-state index in [1.165, 1.54) is 0 Å². The molecule has 1 aliphatic rings. The molecule has 1 aliphatic carbocycles. The molecule has 2 atom stereocenters. The van der Waals surface area contributed by atoms with Gasteiger partial charge >= 0.3 is 0 Å². The molecule has 0 aromatic heterocycles. The van der Waals surface area contributed by atoms with Gasteiger partial charge in [-0.25, -0.2) is 0 Å². The van der Waals surface area contributed by atoms with Crippen LogP contribution in [-0.4, -0.2) is 0 Å². The third-order valence-electron chi connectivity index (χ3n) is 2.91. The van der Waals surface area contributed by atoms with Crippen molar-refractivity contribution >= 4 is 0 Å². The predicted octanol–water partition coefficient (Wildman–Crippen LogP) is 2.09. The van der Waals surface area contributed by atoms with Crippen molar-refractivity contribution in [3.8, 4) is 12.1 Å². The largest absolute Gasteiger partial charge is 0.198 e. The molecular formula is C9H12N2. The van der Waals surface area contributed by atoms with Gasteiger partial charge in [-0.1, -0.05) is 13.8 Å². The number of nitrogens with zero attached hydrogens (tertiary/aromatic N) is 2. The Morgan fingerprint density at radius 1 is 1.09 bits per heavy atom. The van der Waals surface area contributed by atoms with E-state index in [4.69, 9.17) is 10.5 Å². The molecule has 0 aromatic carbocycles.